The molecule has 1 amide bonds. The Labute approximate surface area is 117 Å². The lowest BCUT2D eigenvalue weighted by Gasteiger charge is -2.25. The van der Waals surface area contributed by atoms with Gasteiger partial charge in [0.2, 0.25) is 15.9 Å². The molecular formula is C13H17FN2O3S. The Balaban J connectivity index is 1.88. The molecule has 110 valence electrons. The van der Waals surface area contributed by atoms with E-state index in [9.17, 15) is 17.6 Å². The highest BCUT2D eigenvalue weighted by Crippen LogP contribution is 2.12. The van der Waals surface area contributed by atoms with Crippen LogP contribution in [-0.2, 0) is 21.4 Å². The first kappa shape index (κ1) is 14.9. The normalized spacial score (nSPS) is 18.6. The van der Waals surface area contributed by atoms with Gasteiger partial charge in [0, 0.05) is 18.7 Å². The molecule has 1 saturated heterocycles. The van der Waals surface area contributed by atoms with E-state index in [0.29, 0.717) is 18.5 Å². The van der Waals surface area contributed by atoms with Crippen molar-refractivity contribution in [3.05, 3.63) is 35.6 Å². The smallest absolute Gasteiger partial charge is 0.235 e. The predicted octanol–water partition coefficient (Wildman–Crippen LogP) is 0.868. The molecule has 0 spiro atoms. The quantitative estimate of drug-likeness (QED) is 0.897. The molecule has 0 aliphatic carbocycles. The summed E-state index contributed by atoms with van der Waals surface area (Å²) in [7, 11) is -3.31. The van der Waals surface area contributed by atoms with Crippen molar-refractivity contribution in [2.75, 3.05) is 18.8 Å². The molecule has 1 aliphatic rings. The number of nitrogens with zero attached hydrogens (tertiary/aromatic N) is 1. The topological polar surface area (TPSA) is 66.5 Å². The van der Waals surface area contributed by atoms with E-state index in [0.717, 1.165) is 6.42 Å². The molecule has 20 heavy (non-hydrogen) atoms. The number of hydrogen-bond acceptors (Lipinski definition) is 3. The summed E-state index contributed by atoms with van der Waals surface area (Å²) in [6.07, 6.45) is 1.40. The first-order valence-electron chi connectivity index (χ1n) is 6.47. The van der Waals surface area contributed by atoms with Crippen LogP contribution < -0.4 is 5.32 Å². The Morgan fingerprint density at radius 1 is 1.30 bits per heavy atom. The number of amides is 1. The zero-order chi connectivity index (χ0) is 14.6. The van der Waals surface area contributed by atoms with Gasteiger partial charge in [0.05, 0.1) is 12.3 Å². The molecule has 2 rings (SSSR count). The molecule has 0 aromatic heterocycles. The number of nitrogens with one attached hydrogen (secondary N) is 1. The highest BCUT2D eigenvalue weighted by Gasteiger charge is 2.27. The SMILES string of the molecule is O=C(CN1CCCCS1(=O)=O)NCc1ccccc1F. The van der Waals surface area contributed by atoms with Crippen LogP contribution in [0.25, 0.3) is 0 Å². The van der Waals surface area contributed by atoms with Crippen LogP contribution in [0.2, 0.25) is 0 Å². The predicted molar refractivity (Wildman–Crippen MR) is 72.8 cm³/mol. The molecule has 0 unspecified atom stereocenters. The average Bonchev–Trinajstić information content (AvgIpc) is 2.40. The van der Waals surface area contributed by atoms with E-state index in [2.05, 4.69) is 5.32 Å². The van der Waals surface area contributed by atoms with E-state index in [1.165, 1.54) is 10.4 Å². The fourth-order valence-electron chi connectivity index (χ4n) is 2.07. The molecule has 0 saturated carbocycles. The van der Waals surface area contributed by atoms with E-state index in [1.807, 2.05) is 0 Å². The zero-order valence-electron chi connectivity index (χ0n) is 11.0. The van der Waals surface area contributed by atoms with Crippen LogP contribution in [0.1, 0.15) is 18.4 Å². The zero-order valence-corrected chi connectivity index (χ0v) is 11.8. The Bertz CT molecular complexity index is 589. The summed E-state index contributed by atoms with van der Waals surface area (Å²) in [6, 6.07) is 6.14. The van der Waals surface area contributed by atoms with Gasteiger partial charge < -0.3 is 5.32 Å². The van der Waals surface area contributed by atoms with E-state index < -0.39 is 21.7 Å². The highest BCUT2D eigenvalue weighted by molar-refractivity contribution is 7.89. The maximum Gasteiger partial charge on any atom is 0.235 e. The molecule has 1 N–H and O–H groups in total. The second kappa shape index (κ2) is 6.32. The second-order valence-corrected chi connectivity index (χ2v) is 6.81. The number of benzene rings is 1. The van der Waals surface area contributed by atoms with E-state index in [-0.39, 0.29) is 18.8 Å². The van der Waals surface area contributed by atoms with E-state index in [4.69, 9.17) is 0 Å². The number of halogens is 1. The highest BCUT2D eigenvalue weighted by atomic mass is 32.2. The van der Waals surface area contributed by atoms with Crippen molar-refractivity contribution >= 4 is 15.9 Å². The van der Waals surface area contributed by atoms with Crippen molar-refractivity contribution in [2.24, 2.45) is 0 Å². The van der Waals surface area contributed by atoms with Gasteiger partial charge in [-0.05, 0) is 18.9 Å². The molecule has 1 aromatic carbocycles. The molecule has 0 bridgehead atoms. The summed E-state index contributed by atoms with van der Waals surface area (Å²) < 4.78 is 38.0. The van der Waals surface area contributed by atoms with Crippen molar-refractivity contribution in [2.45, 2.75) is 19.4 Å². The van der Waals surface area contributed by atoms with Crippen molar-refractivity contribution in [1.29, 1.82) is 0 Å². The van der Waals surface area contributed by atoms with Gasteiger partial charge in [-0.1, -0.05) is 18.2 Å². The first-order chi connectivity index (χ1) is 9.49. The van der Waals surface area contributed by atoms with Crippen LogP contribution in [0.15, 0.2) is 24.3 Å². The minimum Gasteiger partial charge on any atom is -0.351 e. The maximum absolute atomic E-state index is 13.4. The van der Waals surface area contributed by atoms with Crippen LogP contribution in [0, 0.1) is 5.82 Å². The van der Waals surface area contributed by atoms with Gasteiger partial charge in [-0.25, -0.2) is 12.8 Å². The van der Waals surface area contributed by atoms with Gasteiger partial charge in [0.25, 0.3) is 0 Å². The summed E-state index contributed by atoms with van der Waals surface area (Å²) in [5.41, 5.74) is 0.377. The number of sulfonamides is 1. The molecule has 1 fully saturated rings. The molecule has 1 aromatic rings. The van der Waals surface area contributed by atoms with Gasteiger partial charge in [-0.3, -0.25) is 4.79 Å². The average molecular weight is 300 g/mol. The molecule has 1 aliphatic heterocycles. The summed E-state index contributed by atoms with van der Waals surface area (Å²) in [6.45, 7) is 0.228. The number of rotatable bonds is 4. The van der Waals surface area contributed by atoms with E-state index in [1.54, 1.807) is 18.2 Å². The third kappa shape index (κ3) is 3.77. The summed E-state index contributed by atoms with van der Waals surface area (Å²) in [5, 5.41) is 2.54. The number of carbonyl (C=O) groups is 1. The van der Waals surface area contributed by atoms with Gasteiger partial charge in [0.1, 0.15) is 5.82 Å². The Morgan fingerprint density at radius 3 is 2.75 bits per heavy atom. The lowest BCUT2D eigenvalue weighted by atomic mass is 10.2. The molecule has 0 atom stereocenters. The van der Waals surface area contributed by atoms with Crippen molar-refractivity contribution < 1.29 is 17.6 Å². The first-order valence-corrected chi connectivity index (χ1v) is 8.08. The van der Waals surface area contributed by atoms with Crippen LogP contribution in [0.3, 0.4) is 0 Å². The van der Waals surface area contributed by atoms with Gasteiger partial charge in [-0.2, -0.15) is 4.31 Å². The summed E-state index contributed by atoms with van der Waals surface area (Å²) >= 11 is 0. The fraction of sp³-hybridized carbons (Fsp3) is 0.462. The third-order valence-corrected chi connectivity index (χ3v) is 5.11. The Kier molecular flexibility index (Phi) is 4.72. The van der Waals surface area contributed by atoms with Crippen LogP contribution in [0.4, 0.5) is 4.39 Å². The molecule has 0 radical (unpaired) electrons. The van der Waals surface area contributed by atoms with Gasteiger partial charge >= 0.3 is 0 Å². The molecule has 7 heteroatoms. The Morgan fingerprint density at radius 2 is 2.05 bits per heavy atom. The van der Waals surface area contributed by atoms with Crippen LogP contribution in [-0.4, -0.2) is 37.5 Å². The van der Waals surface area contributed by atoms with Gasteiger partial charge in [0.15, 0.2) is 0 Å². The van der Waals surface area contributed by atoms with Crippen molar-refractivity contribution in [3.63, 3.8) is 0 Å². The third-order valence-electron chi connectivity index (χ3n) is 3.21. The molecule has 1 heterocycles. The van der Waals surface area contributed by atoms with E-state index >= 15 is 0 Å². The standard InChI is InChI=1S/C13H17FN2O3S/c14-12-6-2-1-5-11(12)9-15-13(17)10-16-7-3-4-8-20(16,18)19/h1-2,5-6H,3-4,7-10H2,(H,15,17). The monoisotopic (exact) mass is 300 g/mol. The molecule has 5 nitrogen and oxygen atoms in total. The van der Waals surface area contributed by atoms with Crippen molar-refractivity contribution in [3.8, 4) is 0 Å². The second-order valence-electron chi connectivity index (χ2n) is 4.72. The molecular weight excluding hydrogens is 283 g/mol. The summed E-state index contributed by atoms with van der Waals surface area (Å²) in [4.78, 5) is 11.7. The lowest BCUT2D eigenvalue weighted by molar-refractivity contribution is -0.121. The minimum atomic E-state index is -3.31. The summed E-state index contributed by atoms with van der Waals surface area (Å²) in [5.74, 6) is -0.717. The Hall–Kier alpha value is -1.47. The fourth-order valence-corrected chi connectivity index (χ4v) is 3.62. The van der Waals surface area contributed by atoms with Crippen LogP contribution >= 0.6 is 0 Å². The van der Waals surface area contributed by atoms with Crippen molar-refractivity contribution in [1.82, 2.24) is 9.62 Å². The lowest BCUT2D eigenvalue weighted by Crippen LogP contribution is -2.44. The minimum absolute atomic E-state index is 0.0550. The maximum atomic E-state index is 13.4. The number of carbonyl (C=O) groups excluding carboxylic acids is 1. The van der Waals surface area contributed by atoms with Crippen LogP contribution in [0.5, 0.6) is 0 Å². The largest absolute Gasteiger partial charge is 0.351 e. The van der Waals surface area contributed by atoms with Gasteiger partial charge in [-0.15, -0.1) is 0 Å². The number of hydrogen-bond donors (Lipinski definition) is 1.